The van der Waals surface area contributed by atoms with Crippen LogP contribution in [0.4, 0.5) is 5.69 Å². The number of nitrogens with one attached hydrogen (secondary N) is 1. The number of amides is 1. The van der Waals surface area contributed by atoms with Gasteiger partial charge < -0.3 is 5.32 Å². The van der Waals surface area contributed by atoms with E-state index in [0.29, 0.717) is 21.0 Å². The Labute approximate surface area is 207 Å². The normalized spacial score (nSPS) is 10.9. The van der Waals surface area contributed by atoms with Crippen LogP contribution in [0.1, 0.15) is 18.1 Å². The molecule has 1 heterocycles. The Bertz CT molecular complexity index is 1290. The fourth-order valence-corrected chi connectivity index (χ4v) is 4.58. The van der Waals surface area contributed by atoms with Crippen LogP contribution in [-0.2, 0) is 11.2 Å². The monoisotopic (exact) mass is 496 g/mol. The summed E-state index contributed by atoms with van der Waals surface area (Å²) in [5, 5.41) is 13.7. The van der Waals surface area contributed by atoms with Gasteiger partial charge in [-0.1, -0.05) is 72.2 Å². The third kappa shape index (κ3) is 5.41. The van der Waals surface area contributed by atoms with E-state index in [0.717, 1.165) is 34.5 Å². The summed E-state index contributed by atoms with van der Waals surface area (Å²) >= 11 is 13.6. The van der Waals surface area contributed by atoms with Gasteiger partial charge >= 0.3 is 0 Å². The summed E-state index contributed by atoms with van der Waals surface area (Å²) in [6.45, 7) is 4.07. The van der Waals surface area contributed by atoms with Crippen molar-refractivity contribution in [2.45, 2.75) is 25.4 Å². The second-order valence-electron chi connectivity index (χ2n) is 7.43. The second-order valence-corrected chi connectivity index (χ2v) is 9.24. The van der Waals surface area contributed by atoms with Gasteiger partial charge in [0.15, 0.2) is 11.0 Å². The van der Waals surface area contributed by atoms with Crippen molar-refractivity contribution in [3.63, 3.8) is 0 Å². The van der Waals surface area contributed by atoms with Gasteiger partial charge in [0.05, 0.1) is 5.75 Å². The first-order valence-corrected chi connectivity index (χ1v) is 12.2. The minimum Gasteiger partial charge on any atom is -0.325 e. The highest BCUT2D eigenvalue weighted by atomic mass is 35.5. The number of hydrogen-bond donors (Lipinski definition) is 1. The zero-order chi connectivity index (χ0) is 23.4. The number of aryl methyl sites for hydroxylation is 2. The number of para-hydroxylation sites is 1. The van der Waals surface area contributed by atoms with E-state index in [2.05, 4.69) is 22.4 Å². The predicted molar refractivity (Wildman–Crippen MR) is 137 cm³/mol. The van der Waals surface area contributed by atoms with Gasteiger partial charge in [-0.25, -0.2) is 0 Å². The molecule has 3 aromatic carbocycles. The van der Waals surface area contributed by atoms with Gasteiger partial charge in [-0.3, -0.25) is 9.36 Å². The lowest BCUT2D eigenvalue weighted by Crippen LogP contribution is -2.16. The molecule has 5 nitrogen and oxygen atoms in total. The van der Waals surface area contributed by atoms with Crippen LogP contribution >= 0.6 is 35.0 Å². The quantitative estimate of drug-likeness (QED) is 0.284. The zero-order valence-corrected chi connectivity index (χ0v) is 20.5. The number of benzene rings is 3. The molecule has 0 aliphatic heterocycles. The molecule has 0 bridgehead atoms. The number of nitrogens with zero attached hydrogens (tertiary/aromatic N) is 3. The molecule has 4 rings (SSSR count). The van der Waals surface area contributed by atoms with Crippen LogP contribution < -0.4 is 5.32 Å². The Morgan fingerprint density at radius 2 is 1.76 bits per heavy atom. The average molecular weight is 497 g/mol. The van der Waals surface area contributed by atoms with E-state index >= 15 is 0 Å². The maximum Gasteiger partial charge on any atom is 0.234 e. The highest BCUT2D eigenvalue weighted by Gasteiger charge is 2.18. The van der Waals surface area contributed by atoms with Gasteiger partial charge in [-0.2, -0.15) is 0 Å². The van der Waals surface area contributed by atoms with Crippen molar-refractivity contribution in [3.05, 3.63) is 87.9 Å². The van der Waals surface area contributed by atoms with Crippen molar-refractivity contribution < 1.29 is 4.79 Å². The Morgan fingerprint density at radius 1 is 1.00 bits per heavy atom. The number of carbonyl (C=O) groups is 1. The minimum absolute atomic E-state index is 0.0982. The van der Waals surface area contributed by atoms with E-state index in [1.165, 1.54) is 11.8 Å². The fourth-order valence-electron chi connectivity index (χ4n) is 3.51. The van der Waals surface area contributed by atoms with Crippen LogP contribution in [0.3, 0.4) is 0 Å². The Balaban J connectivity index is 1.62. The summed E-state index contributed by atoms with van der Waals surface area (Å²) < 4.78 is 1.91. The molecular formula is C25H22Cl2N4OS. The molecule has 33 heavy (non-hydrogen) atoms. The summed E-state index contributed by atoms with van der Waals surface area (Å²) in [6.07, 6.45) is 0.846. The lowest BCUT2D eigenvalue weighted by Gasteiger charge is -2.13. The van der Waals surface area contributed by atoms with Gasteiger partial charge in [0.2, 0.25) is 5.91 Å². The molecule has 4 aromatic rings. The van der Waals surface area contributed by atoms with Crippen LogP contribution in [0, 0.1) is 6.92 Å². The van der Waals surface area contributed by atoms with Crippen LogP contribution in [0.2, 0.25) is 10.0 Å². The van der Waals surface area contributed by atoms with Gasteiger partial charge in [0, 0.05) is 27.0 Å². The molecule has 0 aliphatic rings. The molecule has 0 unspecified atom stereocenters. The zero-order valence-electron chi connectivity index (χ0n) is 18.2. The predicted octanol–water partition coefficient (Wildman–Crippen LogP) is 6.84. The lowest BCUT2D eigenvalue weighted by molar-refractivity contribution is -0.113. The fraction of sp³-hybridized carbons (Fsp3) is 0.160. The van der Waals surface area contributed by atoms with E-state index in [4.69, 9.17) is 23.2 Å². The SMILES string of the molecule is CCc1cccc(C)c1NC(=O)CSc1nnc(-c2cccc(Cl)c2)n1-c1ccc(Cl)cc1. The smallest absolute Gasteiger partial charge is 0.234 e. The second kappa shape index (κ2) is 10.4. The van der Waals surface area contributed by atoms with E-state index in [1.54, 1.807) is 0 Å². The first kappa shape index (κ1) is 23.4. The Kier molecular flexibility index (Phi) is 7.38. The largest absolute Gasteiger partial charge is 0.325 e. The number of halogens is 2. The summed E-state index contributed by atoms with van der Waals surface area (Å²) in [4.78, 5) is 12.8. The molecular weight excluding hydrogens is 475 g/mol. The molecule has 0 saturated heterocycles. The summed E-state index contributed by atoms with van der Waals surface area (Å²) in [5.74, 6) is 0.729. The van der Waals surface area contributed by atoms with Gasteiger partial charge in [0.1, 0.15) is 0 Å². The van der Waals surface area contributed by atoms with Crippen molar-refractivity contribution >= 4 is 46.6 Å². The van der Waals surface area contributed by atoms with Crippen LogP contribution in [0.25, 0.3) is 17.1 Å². The topological polar surface area (TPSA) is 59.8 Å². The molecule has 0 radical (unpaired) electrons. The standard InChI is InChI=1S/C25H22Cl2N4OS/c1-3-17-7-4-6-16(2)23(17)28-22(32)15-33-25-30-29-24(18-8-5-9-20(27)14-18)31(25)21-12-10-19(26)11-13-21/h4-14H,3,15H2,1-2H3,(H,28,32). The third-order valence-corrected chi connectivity index (χ3v) is 6.55. The van der Waals surface area contributed by atoms with E-state index in [1.807, 2.05) is 78.2 Å². The molecule has 1 N–H and O–H groups in total. The number of thioether (sulfide) groups is 1. The molecule has 0 saturated carbocycles. The molecule has 1 amide bonds. The number of rotatable bonds is 7. The van der Waals surface area contributed by atoms with Crippen molar-refractivity contribution in [3.8, 4) is 17.1 Å². The molecule has 8 heteroatoms. The molecule has 0 spiro atoms. The number of aromatic nitrogens is 3. The van der Waals surface area contributed by atoms with Crippen LogP contribution in [0.5, 0.6) is 0 Å². The molecule has 1 aromatic heterocycles. The average Bonchev–Trinajstić information content (AvgIpc) is 3.23. The van der Waals surface area contributed by atoms with Crippen molar-refractivity contribution in [1.29, 1.82) is 0 Å². The molecule has 168 valence electrons. The third-order valence-electron chi connectivity index (χ3n) is 5.14. The number of carbonyl (C=O) groups excluding carboxylic acids is 1. The summed E-state index contributed by atoms with van der Waals surface area (Å²) in [5.41, 5.74) is 4.70. The summed E-state index contributed by atoms with van der Waals surface area (Å²) in [6, 6.07) is 20.9. The Hall–Kier alpha value is -2.80. The van der Waals surface area contributed by atoms with Crippen molar-refractivity contribution in [2.75, 3.05) is 11.1 Å². The lowest BCUT2D eigenvalue weighted by atomic mass is 10.1. The van der Waals surface area contributed by atoms with E-state index in [-0.39, 0.29) is 11.7 Å². The highest BCUT2D eigenvalue weighted by molar-refractivity contribution is 7.99. The Morgan fingerprint density at radius 3 is 2.48 bits per heavy atom. The van der Waals surface area contributed by atoms with Crippen LogP contribution in [-0.4, -0.2) is 26.4 Å². The number of anilines is 1. The maximum absolute atomic E-state index is 12.8. The van der Waals surface area contributed by atoms with E-state index in [9.17, 15) is 4.79 Å². The van der Waals surface area contributed by atoms with Gasteiger partial charge in [0.25, 0.3) is 0 Å². The molecule has 0 aliphatic carbocycles. The number of hydrogen-bond acceptors (Lipinski definition) is 4. The molecule has 0 atom stereocenters. The van der Waals surface area contributed by atoms with E-state index < -0.39 is 0 Å². The van der Waals surface area contributed by atoms with Crippen LogP contribution in [0.15, 0.2) is 71.9 Å². The molecule has 0 fully saturated rings. The minimum atomic E-state index is -0.0982. The van der Waals surface area contributed by atoms with Gasteiger partial charge in [-0.05, 0) is 60.9 Å². The highest BCUT2D eigenvalue weighted by Crippen LogP contribution is 2.30. The maximum atomic E-state index is 12.8. The van der Waals surface area contributed by atoms with Gasteiger partial charge in [-0.15, -0.1) is 10.2 Å². The first-order valence-electron chi connectivity index (χ1n) is 10.4. The first-order chi connectivity index (χ1) is 16.0. The van der Waals surface area contributed by atoms with Crippen molar-refractivity contribution in [2.24, 2.45) is 0 Å². The van der Waals surface area contributed by atoms with Crippen molar-refractivity contribution in [1.82, 2.24) is 14.8 Å². The summed E-state index contributed by atoms with van der Waals surface area (Å²) in [7, 11) is 0.